The van der Waals surface area contributed by atoms with Gasteiger partial charge in [-0.3, -0.25) is 19.5 Å². The van der Waals surface area contributed by atoms with E-state index >= 15 is 0 Å². The molecule has 8 heteroatoms. The topological polar surface area (TPSA) is 93.1 Å². The van der Waals surface area contributed by atoms with Crippen LogP contribution in [-0.4, -0.2) is 32.3 Å². The van der Waals surface area contributed by atoms with Crippen LogP contribution in [0, 0.1) is 13.8 Å². The van der Waals surface area contributed by atoms with Crippen molar-refractivity contribution in [2.75, 3.05) is 0 Å². The van der Waals surface area contributed by atoms with Crippen LogP contribution in [0.2, 0.25) is 0 Å². The highest BCUT2D eigenvalue weighted by atomic mass is 32.2. The molecule has 0 saturated carbocycles. The van der Waals surface area contributed by atoms with Gasteiger partial charge in [0.05, 0.1) is 21.8 Å². The van der Waals surface area contributed by atoms with E-state index in [2.05, 4.69) is 15.6 Å². The quantitative estimate of drug-likeness (QED) is 0.459. The number of carbonyl (C=O) groups is 2. The minimum Gasteiger partial charge on any atom is -0.333 e. The number of fused-ring (bicyclic) bond motifs is 1. The number of urea groups is 1. The molecule has 0 aliphatic heterocycles. The van der Waals surface area contributed by atoms with Crippen LogP contribution in [-0.2, 0) is 4.79 Å². The first-order chi connectivity index (χ1) is 15.0. The number of thioether (sulfide) groups is 1. The first kappa shape index (κ1) is 23.5. The molecule has 168 valence electrons. The normalized spacial score (nSPS) is 12.4. The summed E-state index contributed by atoms with van der Waals surface area (Å²) in [6, 6.07) is 12.3. The smallest absolute Gasteiger partial charge is 0.321 e. The highest BCUT2D eigenvalue weighted by Gasteiger charge is 2.23. The van der Waals surface area contributed by atoms with Crippen LogP contribution in [0.5, 0.6) is 0 Å². The van der Waals surface area contributed by atoms with E-state index in [1.165, 1.54) is 0 Å². The predicted octanol–water partition coefficient (Wildman–Crippen LogP) is 4.11. The molecule has 1 atom stereocenters. The van der Waals surface area contributed by atoms with Gasteiger partial charge in [-0.15, -0.1) is 0 Å². The molecule has 1 heterocycles. The zero-order chi connectivity index (χ0) is 23.6. The van der Waals surface area contributed by atoms with Gasteiger partial charge in [0, 0.05) is 5.54 Å². The fraction of sp³-hybridized carbons (Fsp3) is 0.333. The van der Waals surface area contributed by atoms with Crippen LogP contribution in [0.4, 0.5) is 4.79 Å². The SMILES string of the molecule is Cc1cccc(-n2c(S[C@@H](C)C(=O)NC(=O)NC(C)(C)C)nc3ccccc3c2=O)c1C. The number of aromatic nitrogens is 2. The molecule has 3 aromatic rings. The van der Waals surface area contributed by atoms with Crippen LogP contribution < -0.4 is 16.2 Å². The summed E-state index contributed by atoms with van der Waals surface area (Å²) in [4.78, 5) is 42.9. The van der Waals surface area contributed by atoms with Gasteiger partial charge in [-0.1, -0.05) is 36.0 Å². The van der Waals surface area contributed by atoms with Gasteiger partial charge in [0.25, 0.3) is 5.56 Å². The third-order valence-corrected chi connectivity index (χ3v) is 5.99. The number of amides is 3. The van der Waals surface area contributed by atoms with Crippen LogP contribution in [0.25, 0.3) is 16.6 Å². The highest BCUT2D eigenvalue weighted by molar-refractivity contribution is 8.00. The minimum absolute atomic E-state index is 0.204. The lowest BCUT2D eigenvalue weighted by atomic mass is 10.1. The molecule has 2 N–H and O–H groups in total. The molecular formula is C24H28N4O3S. The van der Waals surface area contributed by atoms with Crippen LogP contribution in [0.3, 0.4) is 0 Å². The molecule has 3 rings (SSSR count). The second-order valence-corrected chi connectivity index (χ2v) is 10.0. The van der Waals surface area contributed by atoms with Crippen molar-refractivity contribution < 1.29 is 9.59 Å². The molecular weight excluding hydrogens is 424 g/mol. The summed E-state index contributed by atoms with van der Waals surface area (Å²) in [7, 11) is 0. The molecule has 1 aromatic heterocycles. The number of nitrogens with one attached hydrogen (secondary N) is 2. The van der Waals surface area contributed by atoms with E-state index in [1.807, 2.05) is 58.9 Å². The molecule has 2 aromatic carbocycles. The molecule has 0 radical (unpaired) electrons. The van der Waals surface area contributed by atoms with E-state index in [-0.39, 0.29) is 5.56 Å². The fourth-order valence-corrected chi connectivity index (χ4v) is 4.10. The molecule has 0 saturated heterocycles. The maximum Gasteiger partial charge on any atom is 0.321 e. The Labute approximate surface area is 191 Å². The second-order valence-electron chi connectivity index (χ2n) is 8.72. The fourth-order valence-electron chi connectivity index (χ4n) is 3.18. The molecule has 0 spiro atoms. The summed E-state index contributed by atoms with van der Waals surface area (Å²) < 4.78 is 1.55. The molecule has 7 nitrogen and oxygen atoms in total. The van der Waals surface area contributed by atoms with Crippen LogP contribution in [0.15, 0.2) is 52.4 Å². The Morgan fingerprint density at radius 3 is 2.44 bits per heavy atom. The van der Waals surface area contributed by atoms with Crippen molar-refractivity contribution in [1.82, 2.24) is 20.2 Å². The number of benzene rings is 2. The van der Waals surface area contributed by atoms with Gasteiger partial charge in [0.15, 0.2) is 5.16 Å². The van der Waals surface area contributed by atoms with Crippen molar-refractivity contribution in [3.8, 4) is 5.69 Å². The average Bonchev–Trinajstić information content (AvgIpc) is 2.69. The summed E-state index contributed by atoms with van der Waals surface area (Å²) in [6.07, 6.45) is 0. The van der Waals surface area contributed by atoms with Gasteiger partial charge in [-0.05, 0) is 70.9 Å². The van der Waals surface area contributed by atoms with Gasteiger partial charge < -0.3 is 5.32 Å². The van der Waals surface area contributed by atoms with E-state index in [0.717, 1.165) is 22.9 Å². The standard InChI is InChI=1S/C24H28N4O3S/c1-14-10-9-13-19(15(14)2)28-21(30)17-11-7-8-12-18(17)25-23(28)32-16(3)20(29)26-22(31)27-24(4,5)6/h7-13,16H,1-6H3,(H2,26,27,29,31)/t16-/m0/s1. The third-order valence-electron chi connectivity index (χ3n) is 4.94. The van der Waals surface area contributed by atoms with E-state index in [1.54, 1.807) is 29.7 Å². The number of para-hydroxylation sites is 1. The molecule has 0 fully saturated rings. The Morgan fingerprint density at radius 2 is 1.75 bits per heavy atom. The van der Waals surface area contributed by atoms with E-state index < -0.39 is 22.7 Å². The monoisotopic (exact) mass is 452 g/mol. The molecule has 0 aliphatic carbocycles. The first-order valence-corrected chi connectivity index (χ1v) is 11.2. The summed E-state index contributed by atoms with van der Waals surface area (Å²) in [5, 5.41) is 5.29. The van der Waals surface area contributed by atoms with Crippen molar-refractivity contribution in [3.63, 3.8) is 0 Å². The third kappa shape index (κ3) is 5.19. The lowest BCUT2D eigenvalue weighted by molar-refractivity contribution is -0.119. The highest BCUT2D eigenvalue weighted by Crippen LogP contribution is 2.27. The van der Waals surface area contributed by atoms with E-state index in [9.17, 15) is 14.4 Å². The van der Waals surface area contributed by atoms with Gasteiger partial charge in [-0.2, -0.15) is 0 Å². The Morgan fingerprint density at radius 1 is 1.06 bits per heavy atom. The number of nitrogens with zero attached hydrogens (tertiary/aromatic N) is 2. The van der Waals surface area contributed by atoms with Crippen LogP contribution >= 0.6 is 11.8 Å². The minimum atomic E-state index is -0.662. The molecule has 32 heavy (non-hydrogen) atoms. The zero-order valence-corrected chi connectivity index (χ0v) is 20.0. The Bertz CT molecular complexity index is 1240. The number of aryl methyl sites for hydroxylation is 1. The largest absolute Gasteiger partial charge is 0.333 e. The summed E-state index contributed by atoms with van der Waals surface area (Å²) in [5.41, 5.74) is 2.60. The van der Waals surface area contributed by atoms with Crippen molar-refractivity contribution in [2.45, 2.75) is 57.5 Å². The van der Waals surface area contributed by atoms with Crippen molar-refractivity contribution in [1.29, 1.82) is 0 Å². The van der Waals surface area contributed by atoms with Gasteiger partial charge in [0.1, 0.15) is 0 Å². The number of rotatable bonds is 4. The maximum absolute atomic E-state index is 13.4. The number of carbonyl (C=O) groups excluding carboxylic acids is 2. The lowest BCUT2D eigenvalue weighted by Crippen LogP contribution is -2.49. The second kappa shape index (κ2) is 9.16. The van der Waals surface area contributed by atoms with Crippen molar-refractivity contribution in [3.05, 3.63) is 63.9 Å². The van der Waals surface area contributed by atoms with Gasteiger partial charge in [-0.25, -0.2) is 9.78 Å². The van der Waals surface area contributed by atoms with Gasteiger partial charge >= 0.3 is 6.03 Å². The molecule has 0 unspecified atom stereocenters. The Balaban J connectivity index is 2.02. The van der Waals surface area contributed by atoms with Crippen LogP contribution in [0.1, 0.15) is 38.8 Å². The number of hydrogen-bond donors (Lipinski definition) is 2. The molecule has 0 aliphatic rings. The molecule has 0 bridgehead atoms. The van der Waals surface area contributed by atoms with E-state index in [4.69, 9.17) is 0 Å². The van der Waals surface area contributed by atoms with Crippen molar-refractivity contribution in [2.24, 2.45) is 0 Å². The molecule has 3 amide bonds. The summed E-state index contributed by atoms with van der Waals surface area (Å²) in [6.45, 7) is 11.1. The average molecular weight is 453 g/mol. The number of imide groups is 1. The predicted molar refractivity (Wildman–Crippen MR) is 129 cm³/mol. The maximum atomic E-state index is 13.4. The first-order valence-electron chi connectivity index (χ1n) is 10.4. The number of hydrogen-bond acceptors (Lipinski definition) is 5. The van der Waals surface area contributed by atoms with Gasteiger partial charge in [0.2, 0.25) is 5.91 Å². The zero-order valence-electron chi connectivity index (χ0n) is 19.1. The Hall–Kier alpha value is -3.13. The Kier molecular flexibility index (Phi) is 6.74. The van der Waals surface area contributed by atoms with E-state index in [0.29, 0.717) is 21.7 Å². The lowest BCUT2D eigenvalue weighted by Gasteiger charge is -2.21. The summed E-state index contributed by atoms with van der Waals surface area (Å²) in [5.74, 6) is -0.466. The summed E-state index contributed by atoms with van der Waals surface area (Å²) >= 11 is 1.14. The van der Waals surface area contributed by atoms with Crippen molar-refractivity contribution >= 4 is 34.6 Å².